The maximum atomic E-state index is 12.6. The van der Waals surface area contributed by atoms with Gasteiger partial charge in [-0.25, -0.2) is 14.6 Å². The molecule has 35 heavy (non-hydrogen) atoms. The zero-order valence-electron chi connectivity index (χ0n) is 20.3. The molecular weight excluding hydrogens is 442 g/mol. The Hall–Kier alpha value is -3.71. The summed E-state index contributed by atoms with van der Waals surface area (Å²) in [7, 11) is 1.70. The Morgan fingerprint density at radius 1 is 0.971 bits per heavy atom. The molecule has 0 aliphatic heterocycles. The van der Waals surface area contributed by atoms with E-state index in [2.05, 4.69) is 22.4 Å². The fourth-order valence-electron chi connectivity index (χ4n) is 3.73. The van der Waals surface area contributed by atoms with Gasteiger partial charge in [0.15, 0.2) is 6.10 Å². The monoisotopic (exact) mass is 475 g/mol. The van der Waals surface area contributed by atoms with Crippen molar-refractivity contribution in [3.8, 4) is 11.3 Å². The molecule has 7 heteroatoms. The van der Waals surface area contributed by atoms with Crippen LogP contribution in [-0.4, -0.2) is 48.4 Å². The topological polar surface area (TPSA) is 91.8 Å². The van der Waals surface area contributed by atoms with E-state index in [1.807, 2.05) is 54.6 Å². The van der Waals surface area contributed by atoms with Crippen molar-refractivity contribution in [3.05, 3.63) is 83.9 Å². The molecule has 0 bridgehead atoms. The second-order valence-corrected chi connectivity index (χ2v) is 8.30. The minimum atomic E-state index is -0.970. The van der Waals surface area contributed by atoms with Crippen LogP contribution >= 0.6 is 0 Å². The van der Waals surface area contributed by atoms with E-state index in [4.69, 9.17) is 4.74 Å². The van der Waals surface area contributed by atoms with Gasteiger partial charge in [-0.2, -0.15) is 0 Å². The van der Waals surface area contributed by atoms with Gasteiger partial charge in [-0.05, 0) is 49.4 Å². The molecule has 0 radical (unpaired) electrons. The van der Waals surface area contributed by atoms with Crippen molar-refractivity contribution in [3.63, 3.8) is 0 Å². The number of carbonyl (C=O) groups excluding carboxylic acids is 1. The summed E-state index contributed by atoms with van der Waals surface area (Å²) < 4.78 is 5.29. The summed E-state index contributed by atoms with van der Waals surface area (Å²) >= 11 is 0. The number of pyridine rings is 1. The van der Waals surface area contributed by atoms with Crippen molar-refractivity contribution in [2.45, 2.75) is 38.7 Å². The highest BCUT2D eigenvalue weighted by Gasteiger charge is 2.18. The van der Waals surface area contributed by atoms with E-state index in [9.17, 15) is 14.7 Å². The van der Waals surface area contributed by atoms with Gasteiger partial charge in [0.05, 0.1) is 5.69 Å². The van der Waals surface area contributed by atoms with E-state index in [-0.39, 0.29) is 6.03 Å². The third kappa shape index (κ3) is 7.93. The summed E-state index contributed by atoms with van der Waals surface area (Å²) in [5.74, 6) is -0.418. The van der Waals surface area contributed by atoms with Crippen LogP contribution in [0.15, 0.2) is 72.8 Å². The Morgan fingerprint density at radius 3 is 2.40 bits per heavy atom. The number of anilines is 1. The molecular formula is C28H33N3O4. The summed E-state index contributed by atoms with van der Waals surface area (Å²) in [6.07, 6.45) is 2.34. The first-order valence-electron chi connectivity index (χ1n) is 11.9. The number of nitrogens with one attached hydrogen (secondary N) is 1. The first kappa shape index (κ1) is 25.9. The van der Waals surface area contributed by atoms with Crippen molar-refractivity contribution >= 4 is 17.8 Å². The van der Waals surface area contributed by atoms with Gasteiger partial charge in [0, 0.05) is 32.2 Å². The van der Waals surface area contributed by atoms with Crippen molar-refractivity contribution in [1.82, 2.24) is 10.3 Å². The number of hydrogen-bond acceptors (Lipinski definition) is 4. The van der Waals surface area contributed by atoms with Gasteiger partial charge in [-0.3, -0.25) is 4.90 Å². The summed E-state index contributed by atoms with van der Waals surface area (Å²) in [6.45, 7) is 2.73. The lowest BCUT2D eigenvalue weighted by atomic mass is 10.0. The normalized spacial score (nSPS) is 11.6. The van der Waals surface area contributed by atoms with E-state index < -0.39 is 12.1 Å². The number of aryl methyl sites for hydroxylation is 1. The summed E-state index contributed by atoms with van der Waals surface area (Å²) in [6, 6.07) is 23.2. The Morgan fingerprint density at radius 2 is 1.71 bits per heavy atom. The number of nitrogens with zero attached hydrogens (tertiary/aromatic N) is 2. The van der Waals surface area contributed by atoms with E-state index in [1.165, 1.54) is 10.5 Å². The Labute approximate surface area is 206 Å². The Bertz CT molecular complexity index is 1090. The van der Waals surface area contributed by atoms with Gasteiger partial charge in [0.25, 0.3) is 0 Å². The number of ether oxygens (including phenoxy) is 1. The SMILES string of the molecule is CCO[C@@H](Cc1ccc(-c2cccc(N(C)C(=O)NCCCCc3ccccc3)n2)cc1)C(=O)O. The predicted octanol–water partition coefficient (Wildman–Crippen LogP) is 4.95. The Balaban J connectivity index is 1.53. The molecule has 0 saturated carbocycles. The average molecular weight is 476 g/mol. The van der Waals surface area contributed by atoms with Crippen LogP contribution < -0.4 is 10.2 Å². The molecule has 0 aliphatic carbocycles. The van der Waals surface area contributed by atoms with Gasteiger partial charge in [-0.1, -0.05) is 60.7 Å². The fourth-order valence-corrected chi connectivity index (χ4v) is 3.73. The number of urea groups is 1. The molecule has 1 aromatic heterocycles. The van der Waals surface area contributed by atoms with Crippen LogP contribution in [0, 0.1) is 0 Å². The third-order valence-corrected chi connectivity index (χ3v) is 5.71. The van der Waals surface area contributed by atoms with Gasteiger partial charge < -0.3 is 15.2 Å². The number of carbonyl (C=O) groups is 2. The lowest BCUT2D eigenvalue weighted by Gasteiger charge is -2.18. The molecule has 184 valence electrons. The molecule has 1 heterocycles. The lowest BCUT2D eigenvalue weighted by Crippen LogP contribution is -2.38. The number of carboxylic acids is 1. The molecule has 2 amide bonds. The van der Waals surface area contributed by atoms with Crippen molar-refractivity contribution in [2.24, 2.45) is 0 Å². The molecule has 2 aromatic carbocycles. The number of carboxylic acid groups (broad SMARTS) is 1. The minimum absolute atomic E-state index is 0.194. The molecule has 0 aliphatic rings. The number of aliphatic carboxylic acids is 1. The smallest absolute Gasteiger partial charge is 0.333 e. The van der Waals surface area contributed by atoms with E-state index >= 15 is 0 Å². The highest BCUT2D eigenvalue weighted by atomic mass is 16.5. The van der Waals surface area contributed by atoms with E-state index in [1.54, 1.807) is 20.0 Å². The van der Waals surface area contributed by atoms with Gasteiger partial charge in [-0.15, -0.1) is 0 Å². The van der Waals surface area contributed by atoms with Crippen molar-refractivity contribution in [2.75, 3.05) is 25.1 Å². The second kappa shape index (κ2) is 13.2. The molecule has 0 saturated heterocycles. The van der Waals surface area contributed by atoms with Crippen LogP contribution in [0.25, 0.3) is 11.3 Å². The van der Waals surface area contributed by atoms with Gasteiger partial charge in [0.1, 0.15) is 5.82 Å². The standard InChI is InChI=1S/C28H33N3O4/c1-3-35-25(27(32)33)20-22-15-17-23(18-16-22)24-13-9-14-26(30-24)31(2)28(34)29-19-8-7-12-21-10-5-4-6-11-21/h4-6,9-11,13-18,25H,3,7-8,12,19-20H2,1-2H3,(H,29,34)(H,32,33)/t25-/m0/s1. The molecule has 3 aromatic rings. The van der Waals surface area contributed by atoms with Crippen molar-refractivity contribution < 1.29 is 19.4 Å². The number of hydrogen-bond donors (Lipinski definition) is 2. The number of aromatic nitrogens is 1. The predicted molar refractivity (Wildman–Crippen MR) is 138 cm³/mol. The van der Waals surface area contributed by atoms with Crippen LogP contribution in [0.3, 0.4) is 0 Å². The molecule has 0 fully saturated rings. The van der Waals surface area contributed by atoms with Gasteiger partial charge in [0.2, 0.25) is 0 Å². The number of benzene rings is 2. The molecule has 7 nitrogen and oxygen atoms in total. The first-order valence-corrected chi connectivity index (χ1v) is 11.9. The minimum Gasteiger partial charge on any atom is -0.479 e. The molecule has 2 N–H and O–H groups in total. The fraction of sp³-hybridized carbons (Fsp3) is 0.321. The van der Waals surface area contributed by atoms with Crippen LogP contribution in [0.2, 0.25) is 0 Å². The lowest BCUT2D eigenvalue weighted by molar-refractivity contribution is -0.149. The Kier molecular flexibility index (Phi) is 9.80. The molecule has 0 unspecified atom stereocenters. The van der Waals surface area contributed by atoms with Crippen LogP contribution in [0.4, 0.5) is 10.6 Å². The highest BCUT2D eigenvalue weighted by molar-refractivity contribution is 5.90. The average Bonchev–Trinajstić information content (AvgIpc) is 2.88. The number of unbranched alkanes of at least 4 members (excludes halogenated alkanes) is 1. The maximum Gasteiger partial charge on any atom is 0.333 e. The van der Waals surface area contributed by atoms with E-state index in [0.29, 0.717) is 25.4 Å². The van der Waals surface area contributed by atoms with Gasteiger partial charge >= 0.3 is 12.0 Å². The second-order valence-electron chi connectivity index (χ2n) is 8.30. The zero-order chi connectivity index (χ0) is 25.0. The third-order valence-electron chi connectivity index (χ3n) is 5.71. The largest absolute Gasteiger partial charge is 0.479 e. The maximum absolute atomic E-state index is 12.6. The first-order chi connectivity index (χ1) is 17.0. The van der Waals surface area contributed by atoms with E-state index in [0.717, 1.165) is 36.1 Å². The highest BCUT2D eigenvalue weighted by Crippen LogP contribution is 2.21. The quantitative estimate of drug-likeness (QED) is 0.362. The summed E-state index contributed by atoms with van der Waals surface area (Å²) in [5, 5.41) is 12.2. The van der Waals surface area contributed by atoms with Crippen LogP contribution in [0.5, 0.6) is 0 Å². The number of amides is 2. The summed E-state index contributed by atoms with van der Waals surface area (Å²) in [5.41, 5.74) is 3.79. The zero-order valence-corrected chi connectivity index (χ0v) is 20.3. The van der Waals surface area contributed by atoms with Crippen molar-refractivity contribution in [1.29, 1.82) is 0 Å². The van der Waals surface area contributed by atoms with Crippen LogP contribution in [-0.2, 0) is 22.4 Å². The molecule has 1 atom stereocenters. The summed E-state index contributed by atoms with van der Waals surface area (Å²) in [4.78, 5) is 30.1. The number of rotatable bonds is 12. The van der Waals surface area contributed by atoms with Crippen LogP contribution in [0.1, 0.15) is 30.9 Å². The molecule has 3 rings (SSSR count). The molecule has 0 spiro atoms.